The third-order valence-corrected chi connectivity index (χ3v) is 2.41. The summed E-state index contributed by atoms with van der Waals surface area (Å²) in [6, 6.07) is 7.61. The molecule has 0 bridgehead atoms. The van der Waals surface area contributed by atoms with Crippen LogP contribution < -0.4 is 0 Å². The van der Waals surface area contributed by atoms with E-state index in [1.165, 1.54) is 0 Å². The summed E-state index contributed by atoms with van der Waals surface area (Å²) >= 11 is 0.266. The molecule has 0 unspecified atom stereocenters. The normalized spacial score (nSPS) is 11.4. The van der Waals surface area contributed by atoms with Crippen LogP contribution in [-0.2, 0) is 0 Å². The van der Waals surface area contributed by atoms with Crippen LogP contribution >= 0.6 is 12.1 Å². The summed E-state index contributed by atoms with van der Waals surface area (Å²) in [6.07, 6.45) is 3.49. The summed E-state index contributed by atoms with van der Waals surface area (Å²) in [5, 5.41) is 0. The standard InChI is InChI=1S/C11H11FS/c1-3-9-7-5-6-8-10(9)11(4-2)13-12/h3-8H,1H2,2H3/b11-4+. The summed E-state index contributed by atoms with van der Waals surface area (Å²) in [4.78, 5) is 0.635. The average molecular weight is 194 g/mol. The molecule has 0 aliphatic carbocycles. The molecule has 0 saturated carbocycles. The van der Waals surface area contributed by atoms with Crippen molar-refractivity contribution < 1.29 is 3.89 Å². The van der Waals surface area contributed by atoms with Crippen molar-refractivity contribution in [3.8, 4) is 0 Å². The predicted molar refractivity (Wildman–Crippen MR) is 58.9 cm³/mol. The third kappa shape index (κ3) is 2.22. The summed E-state index contributed by atoms with van der Waals surface area (Å²) in [5.41, 5.74) is 1.85. The molecule has 0 aliphatic heterocycles. The van der Waals surface area contributed by atoms with E-state index in [0.29, 0.717) is 4.91 Å². The van der Waals surface area contributed by atoms with Gasteiger partial charge in [0, 0.05) is 4.91 Å². The second-order valence-corrected chi connectivity index (χ2v) is 3.12. The van der Waals surface area contributed by atoms with Gasteiger partial charge in [-0.3, -0.25) is 0 Å². The van der Waals surface area contributed by atoms with Gasteiger partial charge in [-0.2, -0.15) is 3.89 Å². The average Bonchev–Trinajstić information content (AvgIpc) is 2.20. The zero-order chi connectivity index (χ0) is 9.68. The van der Waals surface area contributed by atoms with Gasteiger partial charge in [-0.25, -0.2) is 0 Å². The lowest BCUT2D eigenvalue weighted by Crippen LogP contribution is -1.83. The molecule has 0 aliphatic rings. The first-order valence-corrected chi connectivity index (χ1v) is 4.72. The maximum atomic E-state index is 12.5. The smallest absolute Gasteiger partial charge is 0.0815 e. The van der Waals surface area contributed by atoms with Crippen molar-refractivity contribution >= 4 is 23.1 Å². The Kier molecular flexibility index (Phi) is 3.77. The predicted octanol–water partition coefficient (Wildman–Crippen LogP) is 4.31. The Labute approximate surface area is 82.5 Å². The lowest BCUT2D eigenvalue weighted by atomic mass is 10.1. The molecule has 0 radical (unpaired) electrons. The van der Waals surface area contributed by atoms with E-state index in [4.69, 9.17) is 0 Å². The lowest BCUT2D eigenvalue weighted by molar-refractivity contribution is 0.948. The Balaban J connectivity index is 3.19. The molecule has 0 N–H and O–H groups in total. The quantitative estimate of drug-likeness (QED) is 0.691. The molecule has 0 aromatic heterocycles. The van der Waals surface area contributed by atoms with Crippen molar-refractivity contribution in [2.75, 3.05) is 0 Å². The van der Waals surface area contributed by atoms with Gasteiger partial charge in [-0.05, 0) is 18.1 Å². The van der Waals surface area contributed by atoms with Crippen LogP contribution in [-0.4, -0.2) is 0 Å². The van der Waals surface area contributed by atoms with Crippen molar-refractivity contribution in [1.82, 2.24) is 0 Å². The van der Waals surface area contributed by atoms with Gasteiger partial charge in [0.1, 0.15) is 0 Å². The van der Waals surface area contributed by atoms with E-state index in [1.54, 1.807) is 12.2 Å². The molecular weight excluding hydrogens is 183 g/mol. The number of halogens is 1. The highest BCUT2D eigenvalue weighted by Crippen LogP contribution is 2.30. The van der Waals surface area contributed by atoms with E-state index in [9.17, 15) is 3.89 Å². The van der Waals surface area contributed by atoms with Gasteiger partial charge < -0.3 is 0 Å². The molecule has 13 heavy (non-hydrogen) atoms. The highest BCUT2D eigenvalue weighted by molar-refractivity contribution is 8.03. The van der Waals surface area contributed by atoms with Crippen LogP contribution in [0.2, 0.25) is 0 Å². The number of hydrogen-bond donors (Lipinski definition) is 0. The summed E-state index contributed by atoms with van der Waals surface area (Å²) in [5.74, 6) is 0. The molecule has 0 amide bonds. The van der Waals surface area contributed by atoms with Gasteiger partial charge in [-0.15, -0.1) is 0 Å². The van der Waals surface area contributed by atoms with E-state index in [0.717, 1.165) is 11.1 Å². The fraction of sp³-hybridized carbons (Fsp3) is 0.0909. The van der Waals surface area contributed by atoms with Gasteiger partial charge in [-0.1, -0.05) is 43.0 Å². The van der Waals surface area contributed by atoms with Crippen LogP contribution in [0.4, 0.5) is 3.89 Å². The number of allylic oxidation sites excluding steroid dienone is 1. The van der Waals surface area contributed by atoms with Gasteiger partial charge in [0.15, 0.2) is 0 Å². The minimum Gasteiger partial charge on any atom is -0.160 e. The van der Waals surface area contributed by atoms with E-state index in [1.807, 2.05) is 31.2 Å². The molecule has 1 rings (SSSR count). The van der Waals surface area contributed by atoms with E-state index in [-0.39, 0.29) is 12.1 Å². The first-order chi connectivity index (χ1) is 6.33. The maximum Gasteiger partial charge on any atom is 0.0815 e. The van der Waals surface area contributed by atoms with Crippen LogP contribution in [0.1, 0.15) is 18.1 Å². The second-order valence-electron chi connectivity index (χ2n) is 2.52. The van der Waals surface area contributed by atoms with Crippen LogP contribution in [0.25, 0.3) is 11.0 Å². The molecule has 1 aromatic carbocycles. The summed E-state index contributed by atoms with van der Waals surface area (Å²) < 4.78 is 12.5. The molecule has 0 heterocycles. The molecule has 1 aromatic rings. The highest BCUT2D eigenvalue weighted by atomic mass is 32.2. The molecule has 0 spiro atoms. The SMILES string of the molecule is C=Cc1ccccc1/C(=C\C)SF. The highest BCUT2D eigenvalue weighted by Gasteiger charge is 2.04. The molecule has 0 nitrogen and oxygen atoms in total. The Morgan fingerprint density at radius 1 is 1.46 bits per heavy atom. The van der Waals surface area contributed by atoms with Crippen molar-refractivity contribution in [2.45, 2.75) is 6.92 Å². The maximum absolute atomic E-state index is 12.5. The third-order valence-electron chi connectivity index (χ3n) is 1.79. The summed E-state index contributed by atoms with van der Waals surface area (Å²) in [7, 11) is 0. The zero-order valence-corrected chi connectivity index (χ0v) is 8.27. The van der Waals surface area contributed by atoms with Crippen molar-refractivity contribution in [2.24, 2.45) is 0 Å². The topological polar surface area (TPSA) is 0 Å². The molecule has 2 heteroatoms. The minimum absolute atomic E-state index is 0.266. The van der Waals surface area contributed by atoms with Crippen LogP contribution in [0.3, 0.4) is 0 Å². The van der Waals surface area contributed by atoms with E-state index >= 15 is 0 Å². The van der Waals surface area contributed by atoms with Gasteiger partial charge in [0.2, 0.25) is 0 Å². The fourth-order valence-corrected chi connectivity index (χ4v) is 1.50. The van der Waals surface area contributed by atoms with Crippen LogP contribution in [0.15, 0.2) is 36.9 Å². The monoisotopic (exact) mass is 194 g/mol. The Morgan fingerprint density at radius 2 is 2.15 bits per heavy atom. The Morgan fingerprint density at radius 3 is 2.69 bits per heavy atom. The van der Waals surface area contributed by atoms with Crippen LogP contribution in [0, 0.1) is 0 Å². The van der Waals surface area contributed by atoms with E-state index < -0.39 is 0 Å². The number of rotatable bonds is 3. The van der Waals surface area contributed by atoms with Gasteiger partial charge in [0.25, 0.3) is 0 Å². The number of hydrogen-bond acceptors (Lipinski definition) is 1. The summed E-state index contributed by atoms with van der Waals surface area (Å²) in [6.45, 7) is 5.50. The fourth-order valence-electron chi connectivity index (χ4n) is 1.14. The van der Waals surface area contributed by atoms with Crippen molar-refractivity contribution in [1.29, 1.82) is 0 Å². The zero-order valence-electron chi connectivity index (χ0n) is 7.46. The van der Waals surface area contributed by atoms with Crippen molar-refractivity contribution in [3.63, 3.8) is 0 Å². The first-order valence-electron chi connectivity index (χ1n) is 4.00. The van der Waals surface area contributed by atoms with Gasteiger partial charge >= 0.3 is 0 Å². The molecule has 0 atom stereocenters. The lowest BCUT2D eigenvalue weighted by Gasteiger charge is -2.04. The molecule has 0 saturated heterocycles. The number of benzene rings is 1. The van der Waals surface area contributed by atoms with E-state index in [2.05, 4.69) is 6.58 Å². The first kappa shape index (κ1) is 10.1. The minimum atomic E-state index is 0.266. The molecular formula is C11H11FS. The largest absolute Gasteiger partial charge is 0.160 e. The van der Waals surface area contributed by atoms with Crippen LogP contribution in [0.5, 0.6) is 0 Å². The second kappa shape index (κ2) is 4.87. The molecule has 68 valence electrons. The van der Waals surface area contributed by atoms with Gasteiger partial charge in [0.05, 0.1) is 12.1 Å². The Bertz CT molecular complexity index is 329. The molecule has 0 fully saturated rings. The van der Waals surface area contributed by atoms with Crippen molar-refractivity contribution in [3.05, 3.63) is 48.0 Å². The Hall–Kier alpha value is -1.02.